The molecule has 1 aliphatic rings. The summed E-state index contributed by atoms with van der Waals surface area (Å²) >= 11 is 12.2. The van der Waals surface area contributed by atoms with E-state index in [9.17, 15) is 34.8 Å². The number of likely N-dealkylation sites (tertiary alicyclic amines) is 1. The van der Waals surface area contributed by atoms with E-state index >= 15 is 0 Å². The van der Waals surface area contributed by atoms with Crippen LogP contribution in [-0.2, 0) is 22.2 Å². The van der Waals surface area contributed by atoms with Crippen molar-refractivity contribution in [2.24, 2.45) is 5.92 Å². The molecular formula is C30H30Cl2F6N2O2S. The average molecular weight is 668 g/mol. The zero-order chi connectivity index (χ0) is 32.0. The topological polar surface area (TPSA) is 49.4 Å². The third-order valence-corrected chi connectivity index (χ3v) is 9.50. The maximum absolute atomic E-state index is 13.8. The van der Waals surface area contributed by atoms with E-state index in [-0.39, 0.29) is 31.6 Å². The number of hydrogen-bond donors (Lipinski definition) is 1. The minimum absolute atomic E-state index is 0.00122. The number of nitrogens with one attached hydrogen (secondary N) is 1. The molecule has 1 N–H and O–H groups in total. The van der Waals surface area contributed by atoms with Crippen LogP contribution < -0.4 is 5.32 Å². The zero-order valence-electron chi connectivity index (χ0n) is 23.4. The van der Waals surface area contributed by atoms with Gasteiger partial charge in [-0.25, -0.2) is 8.42 Å². The molecule has 43 heavy (non-hydrogen) atoms. The first-order valence-electron chi connectivity index (χ1n) is 13.3. The van der Waals surface area contributed by atoms with Gasteiger partial charge in [0.25, 0.3) is 0 Å². The summed E-state index contributed by atoms with van der Waals surface area (Å²) in [4.78, 5) is 1.93. The van der Waals surface area contributed by atoms with Crippen molar-refractivity contribution in [1.29, 1.82) is 0 Å². The summed E-state index contributed by atoms with van der Waals surface area (Å²) in [6, 6.07) is 14.6. The molecular weight excluding hydrogens is 637 g/mol. The Bertz CT molecular complexity index is 1460. The van der Waals surface area contributed by atoms with Gasteiger partial charge in [-0.05, 0) is 71.6 Å². The van der Waals surface area contributed by atoms with Crippen molar-refractivity contribution in [3.63, 3.8) is 0 Å². The molecule has 0 saturated carbocycles. The second-order valence-corrected chi connectivity index (χ2v) is 14.4. The molecule has 4 rings (SSSR count). The van der Waals surface area contributed by atoms with Gasteiger partial charge < -0.3 is 5.32 Å². The molecule has 0 bridgehead atoms. The first kappa shape index (κ1) is 33.6. The Morgan fingerprint density at radius 1 is 0.791 bits per heavy atom. The van der Waals surface area contributed by atoms with Gasteiger partial charge in [-0.1, -0.05) is 61.3 Å². The number of rotatable bonds is 9. The van der Waals surface area contributed by atoms with Crippen molar-refractivity contribution in [3.8, 4) is 0 Å². The first-order valence-corrected chi connectivity index (χ1v) is 16.0. The normalized spacial score (nSPS) is 16.9. The van der Waals surface area contributed by atoms with Gasteiger partial charge in [-0.15, -0.1) is 0 Å². The second kappa shape index (κ2) is 12.2. The highest BCUT2D eigenvalue weighted by molar-refractivity contribution is 7.91. The lowest BCUT2D eigenvalue weighted by Gasteiger charge is -2.57. The lowest BCUT2D eigenvalue weighted by Crippen LogP contribution is -2.73. The number of benzene rings is 3. The van der Waals surface area contributed by atoms with Crippen molar-refractivity contribution >= 4 is 33.0 Å². The van der Waals surface area contributed by atoms with Crippen LogP contribution in [0.15, 0.2) is 66.7 Å². The van der Waals surface area contributed by atoms with Crippen LogP contribution in [0.25, 0.3) is 0 Å². The maximum Gasteiger partial charge on any atom is 0.416 e. The summed E-state index contributed by atoms with van der Waals surface area (Å²) in [7, 11) is -4.26. The van der Waals surface area contributed by atoms with E-state index < -0.39 is 55.7 Å². The van der Waals surface area contributed by atoms with Gasteiger partial charge in [-0.3, -0.25) is 4.90 Å². The monoisotopic (exact) mass is 666 g/mol. The Hall–Kier alpha value is -2.31. The van der Waals surface area contributed by atoms with Gasteiger partial charge in [0.2, 0.25) is 0 Å². The molecule has 234 valence electrons. The van der Waals surface area contributed by atoms with Crippen molar-refractivity contribution in [2.45, 2.75) is 43.0 Å². The molecule has 0 aromatic heterocycles. The SMILES string of the molecule is CC(C)CNC1(C(c2cc(C(F)(F)F)cc(C(F)(F)F)c2)S(C)(=O)=O)CN(C(c2ccc(Cl)cc2)c2ccc(Cl)cc2)C1. The van der Waals surface area contributed by atoms with Crippen LogP contribution in [0.4, 0.5) is 26.3 Å². The number of nitrogens with zero attached hydrogens (tertiary/aromatic N) is 1. The molecule has 0 spiro atoms. The highest BCUT2D eigenvalue weighted by Gasteiger charge is 2.55. The molecule has 1 aliphatic heterocycles. The van der Waals surface area contributed by atoms with Gasteiger partial charge >= 0.3 is 12.4 Å². The Morgan fingerprint density at radius 2 is 1.21 bits per heavy atom. The molecule has 1 heterocycles. The van der Waals surface area contributed by atoms with E-state index in [2.05, 4.69) is 5.32 Å². The van der Waals surface area contributed by atoms with Crippen molar-refractivity contribution < 1.29 is 34.8 Å². The number of alkyl halides is 6. The van der Waals surface area contributed by atoms with E-state index in [1.807, 2.05) is 18.7 Å². The predicted octanol–water partition coefficient (Wildman–Crippen LogP) is 8.21. The third kappa shape index (κ3) is 7.68. The molecule has 1 atom stereocenters. The molecule has 1 saturated heterocycles. The van der Waals surface area contributed by atoms with Crippen molar-refractivity contribution in [3.05, 3.63) is 105 Å². The minimum Gasteiger partial charge on any atom is -0.307 e. The predicted molar refractivity (Wildman–Crippen MR) is 156 cm³/mol. The van der Waals surface area contributed by atoms with Crippen LogP contribution in [0, 0.1) is 5.92 Å². The first-order chi connectivity index (χ1) is 19.8. The van der Waals surface area contributed by atoms with Crippen LogP contribution in [-0.4, -0.2) is 44.7 Å². The fourth-order valence-corrected chi connectivity index (χ4v) is 7.58. The van der Waals surface area contributed by atoms with E-state index in [4.69, 9.17) is 23.2 Å². The Kier molecular flexibility index (Phi) is 9.55. The quantitative estimate of drug-likeness (QED) is 0.234. The van der Waals surface area contributed by atoms with E-state index in [0.717, 1.165) is 17.4 Å². The molecule has 4 nitrogen and oxygen atoms in total. The van der Waals surface area contributed by atoms with E-state index in [1.54, 1.807) is 48.5 Å². The molecule has 0 amide bonds. The van der Waals surface area contributed by atoms with Crippen LogP contribution in [0.2, 0.25) is 10.0 Å². The summed E-state index contributed by atoms with van der Waals surface area (Å²) in [5.74, 6) is 0.00158. The highest BCUT2D eigenvalue weighted by Crippen LogP contribution is 2.47. The lowest BCUT2D eigenvalue weighted by atomic mass is 9.79. The van der Waals surface area contributed by atoms with Crippen molar-refractivity contribution in [2.75, 3.05) is 25.9 Å². The zero-order valence-corrected chi connectivity index (χ0v) is 25.7. The third-order valence-electron chi connectivity index (χ3n) is 7.41. The molecule has 0 radical (unpaired) electrons. The standard InChI is InChI=1S/C30H30Cl2F6N2O2S/c1-18(2)15-39-28(27(43(3,41)42)21-12-22(29(33,34)35)14-23(13-21)30(36,37)38)16-40(17-28)26(19-4-8-24(31)9-5-19)20-6-10-25(32)11-7-20/h4-14,18,26-27,39H,15-17H2,1-3H3. The molecule has 1 unspecified atom stereocenters. The van der Waals surface area contributed by atoms with Gasteiger partial charge in [0.1, 0.15) is 5.25 Å². The van der Waals surface area contributed by atoms with Gasteiger partial charge in [0.15, 0.2) is 9.84 Å². The minimum atomic E-state index is -5.13. The smallest absolute Gasteiger partial charge is 0.307 e. The molecule has 13 heteroatoms. The molecule has 1 fully saturated rings. The molecule has 3 aromatic carbocycles. The van der Waals surface area contributed by atoms with Crippen LogP contribution in [0.3, 0.4) is 0 Å². The highest BCUT2D eigenvalue weighted by atomic mass is 35.5. The Labute approximate surface area is 256 Å². The summed E-state index contributed by atoms with van der Waals surface area (Å²) in [6.45, 7) is 4.01. The van der Waals surface area contributed by atoms with E-state index in [1.165, 1.54) is 0 Å². The number of hydrogen-bond acceptors (Lipinski definition) is 4. The van der Waals surface area contributed by atoms with Crippen LogP contribution >= 0.6 is 23.2 Å². The van der Waals surface area contributed by atoms with Gasteiger partial charge in [0.05, 0.1) is 22.7 Å². The van der Waals surface area contributed by atoms with Gasteiger partial charge in [0, 0.05) is 29.4 Å². The second-order valence-electron chi connectivity index (χ2n) is 11.4. The summed E-state index contributed by atoms with van der Waals surface area (Å²) in [5.41, 5.74) is -3.50. The largest absolute Gasteiger partial charge is 0.416 e. The van der Waals surface area contributed by atoms with Crippen molar-refractivity contribution in [1.82, 2.24) is 10.2 Å². The lowest BCUT2D eigenvalue weighted by molar-refractivity contribution is -0.143. The van der Waals surface area contributed by atoms with Crippen LogP contribution in [0.5, 0.6) is 0 Å². The van der Waals surface area contributed by atoms with Gasteiger partial charge in [-0.2, -0.15) is 26.3 Å². The number of halogens is 8. The average Bonchev–Trinajstić information content (AvgIpc) is 2.86. The fraction of sp³-hybridized carbons (Fsp3) is 0.400. The Morgan fingerprint density at radius 3 is 1.56 bits per heavy atom. The number of sulfone groups is 1. The molecule has 0 aliphatic carbocycles. The van der Waals surface area contributed by atoms with Crippen LogP contribution in [0.1, 0.15) is 53.0 Å². The maximum atomic E-state index is 13.8. The Balaban J connectivity index is 1.86. The summed E-state index contributed by atoms with van der Waals surface area (Å²) in [6.07, 6.45) is -9.42. The molecule has 3 aromatic rings. The summed E-state index contributed by atoms with van der Waals surface area (Å²) in [5, 5.41) is 2.52. The fourth-order valence-electron chi connectivity index (χ4n) is 5.65. The van der Waals surface area contributed by atoms with E-state index in [0.29, 0.717) is 22.2 Å². The summed E-state index contributed by atoms with van der Waals surface area (Å²) < 4.78 is 109.